The summed E-state index contributed by atoms with van der Waals surface area (Å²) in [4.78, 5) is 24.5. The van der Waals surface area contributed by atoms with Crippen molar-refractivity contribution in [2.45, 2.75) is 26.2 Å². The second kappa shape index (κ2) is 8.39. The number of amides is 1. The van der Waals surface area contributed by atoms with E-state index in [9.17, 15) is 4.79 Å². The van der Waals surface area contributed by atoms with Crippen molar-refractivity contribution in [1.29, 1.82) is 0 Å². The van der Waals surface area contributed by atoms with Crippen LogP contribution in [0.2, 0.25) is 0 Å². The molecule has 0 bridgehead atoms. The van der Waals surface area contributed by atoms with Crippen LogP contribution in [0, 0.1) is 5.92 Å². The zero-order valence-corrected chi connectivity index (χ0v) is 14.9. The molecule has 6 nitrogen and oxygen atoms in total. The maximum atomic E-state index is 12.4. The standard InChI is InChI=1S/C17H25N5OS/c1-2-6-18-7-8-19-16(23)13-4-3-9-22(11-13)15-14-5-10-24-17(14)21-12-20-15/h5,10,12-13,18H,2-4,6-9,11H2,1H3,(H,19,23). The summed E-state index contributed by atoms with van der Waals surface area (Å²) in [6.45, 7) is 6.34. The molecule has 2 aromatic heterocycles. The minimum atomic E-state index is 0.0357. The monoisotopic (exact) mass is 347 g/mol. The molecule has 2 N–H and O–H groups in total. The average molecular weight is 347 g/mol. The molecular formula is C17H25N5OS. The summed E-state index contributed by atoms with van der Waals surface area (Å²) >= 11 is 1.63. The number of fused-ring (bicyclic) bond motifs is 1. The van der Waals surface area contributed by atoms with E-state index in [0.717, 1.165) is 61.5 Å². The van der Waals surface area contributed by atoms with Crippen molar-refractivity contribution in [3.8, 4) is 0 Å². The molecule has 1 saturated heterocycles. The Labute approximate surface area is 146 Å². The predicted molar refractivity (Wildman–Crippen MR) is 98.5 cm³/mol. The Hall–Kier alpha value is -1.73. The lowest BCUT2D eigenvalue weighted by Gasteiger charge is -2.33. The number of anilines is 1. The van der Waals surface area contributed by atoms with Gasteiger partial charge in [0.1, 0.15) is 17.0 Å². The molecule has 0 spiro atoms. The molecule has 1 amide bonds. The van der Waals surface area contributed by atoms with Crippen LogP contribution in [0.4, 0.5) is 5.82 Å². The largest absolute Gasteiger partial charge is 0.355 e. The molecule has 3 heterocycles. The Bertz CT molecular complexity index is 674. The van der Waals surface area contributed by atoms with Gasteiger partial charge in [-0.2, -0.15) is 0 Å². The fourth-order valence-corrected chi connectivity index (χ4v) is 3.86. The average Bonchev–Trinajstić information content (AvgIpc) is 3.10. The van der Waals surface area contributed by atoms with Gasteiger partial charge in [-0.15, -0.1) is 11.3 Å². The Morgan fingerprint density at radius 2 is 2.29 bits per heavy atom. The third-order valence-electron chi connectivity index (χ3n) is 4.36. The molecule has 3 rings (SSSR count). The fourth-order valence-electron chi connectivity index (χ4n) is 3.13. The molecule has 0 radical (unpaired) electrons. The molecule has 1 atom stereocenters. The normalized spacial score (nSPS) is 18.0. The second-order valence-electron chi connectivity index (χ2n) is 6.16. The van der Waals surface area contributed by atoms with Gasteiger partial charge in [0.25, 0.3) is 0 Å². The van der Waals surface area contributed by atoms with Crippen molar-refractivity contribution in [3.05, 3.63) is 17.8 Å². The first-order valence-corrected chi connectivity index (χ1v) is 9.59. The lowest BCUT2D eigenvalue weighted by Crippen LogP contribution is -2.44. The van der Waals surface area contributed by atoms with E-state index in [-0.39, 0.29) is 11.8 Å². The van der Waals surface area contributed by atoms with Crippen LogP contribution in [0.5, 0.6) is 0 Å². The first kappa shape index (κ1) is 17.1. The van der Waals surface area contributed by atoms with E-state index in [0.29, 0.717) is 6.54 Å². The summed E-state index contributed by atoms with van der Waals surface area (Å²) < 4.78 is 0. The van der Waals surface area contributed by atoms with E-state index < -0.39 is 0 Å². The number of hydrogen-bond donors (Lipinski definition) is 2. The van der Waals surface area contributed by atoms with Crippen LogP contribution >= 0.6 is 11.3 Å². The Balaban J connectivity index is 1.58. The molecule has 7 heteroatoms. The van der Waals surface area contributed by atoms with Crippen molar-refractivity contribution >= 4 is 33.3 Å². The highest BCUT2D eigenvalue weighted by atomic mass is 32.1. The molecule has 1 aliphatic rings. The van der Waals surface area contributed by atoms with Crippen molar-refractivity contribution in [2.75, 3.05) is 37.6 Å². The van der Waals surface area contributed by atoms with Crippen molar-refractivity contribution in [3.63, 3.8) is 0 Å². The summed E-state index contributed by atoms with van der Waals surface area (Å²) in [6, 6.07) is 2.07. The molecule has 1 fully saturated rings. The maximum Gasteiger partial charge on any atom is 0.224 e. The van der Waals surface area contributed by atoms with Crippen molar-refractivity contribution < 1.29 is 4.79 Å². The zero-order valence-electron chi connectivity index (χ0n) is 14.1. The van der Waals surface area contributed by atoms with Crippen LogP contribution in [0.15, 0.2) is 17.8 Å². The van der Waals surface area contributed by atoms with Crippen LogP contribution in [0.25, 0.3) is 10.2 Å². The van der Waals surface area contributed by atoms with Gasteiger partial charge in [-0.1, -0.05) is 6.92 Å². The molecule has 24 heavy (non-hydrogen) atoms. The summed E-state index contributed by atoms with van der Waals surface area (Å²) in [5.74, 6) is 1.16. The van der Waals surface area contributed by atoms with Gasteiger partial charge in [0, 0.05) is 26.2 Å². The minimum absolute atomic E-state index is 0.0357. The third-order valence-corrected chi connectivity index (χ3v) is 5.18. The molecule has 1 aliphatic heterocycles. The van der Waals surface area contributed by atoms with Crippen molar-refractivity contribution in [2.24, 2.45) is 5.92 Å². The van der Waals surface area contributed by atoms with E-state index in [4.69, 9.17) is 0 Å². The van der Waals surface area contributed by atoms with Gasteiger partial charge in [-0.05, 0) is 37.3 Å². The summed E-state index contributed by atoms with van der Waals surface area (Å²) in [5.41, 5.74) is 0. The van der Waals surface area contributed by atoms with E-state index >= 15 is 0 Å². The van der Waals surface area contributed by atoms with Crippen LogP contribution in [-0.2, 0) is 4.79 Å². The number of nitrogens with one attached hydrogen (secondary N) is 2. The quantitative estimate of drug-likeness (QED) is 0.750. The number of piperidine rings is 1. The highest BCUT2D eigenvalue weighted by Gasteiger charge is 2.27. The number of nitrogens with zero attached hydrogens (tertiary/aromatic N) is 3. The molecule has 0 aliphatic carbocycles. The van der Waals surface area contributed by atoms with Crippen LogP contribution < -0.4 is 15.5 Å². The predicted octanol–water partition coefficient (Wildman–Crippen LogP) is 2.02. The highest BCUT2D eigenvalue weighted by molar-refractivity contribution is 7.16. The third kappa shape index (κ3) is 4.02. The summed E-state index contributed by atoms with van der Waals surface area (Å²) in [5, 5.41) is 9.49. The Morgan fingerprint density at radius 1 is 1.38 bits per heavy atom. The smallest absolute Gasteiger partial charge is 0.224 e. The number of hydrogen-bond acceptors (Lipinski definition) is 6. The number of thiophene rings is 1. The van der Waals surface area contributed by atoms with E-state index in [1.54, 1.807) is 17.7 Å². The molecular weight excluding hydrogens is 322 g/mol. The first-order chi connectivity index (χ1) is 11.8. The van der Waals surface area contributed by atoms with Crippen LogP contribution in [-0.4, -0.2) is 48.6 Å². The van der Waals surface area contributed by atoms with Gasteiger partial charge in [0.15, 0.2) is 0 Å². The zero-order chi connectivity index (χ0) is 16.8. The molecule has 0 aromatic carbocycles. The number of rotatable bonds is 7. The molecule has 0 saturated carbocycles. The topological polar surface area (TPSA) is 70.2 Å². The van der Waals surface area contributed by atoms with E-state index in [1.807, 2.05) is 5.38 Å². The fraction of sp³-hybridized carbons (Fsp3) is 0.588. The highest BCUT2D eigenvalue weighted by Crippen LogP contribution is 2.29. The van der Waals surface area contributed by atoms with Gasteiger partial charge in [0.05, 0.1) is 11.3 Å². The Morgan fingerprint density at radius 3 is 3.17 bits per heavy atom. The van der Waals surface area contributed by atoms with E-state index in [1.165, 1.54) is 0 Å². The summed E-state index contributed by atoms with van der Waals surface area (Å²) in [7, 11) is 0. The number of carbonyl (C=O) groups is 1. The molecule has 2 aromatic rings. The van der Waals surface area contributed by atoms with Gasteiger partial charge in [-0.3, -0.25) is 4.79 Å². The minimum Gasteiger partial charge on any atom is -0.355 e. The maximum absolute atomic E-state index is 12.4. The SMILES string of the molecule is CCCNCCNC(=O)C1CCCN(c2ncnc3sccc23)C1. The van der Waals surface area contributed by atoms with Gasteiger partial charge in [-0.25, -0.2) is 9.97 Å². The van der Waals surface area contributed by atoms with E-state index in [2.05, 4.69) is 38.5 Å². The molecule has 1 unspecified atom stereocenters. The number of aromatic nitrogens is 2. The Kier molecular flexibility index (Phi) is 5.98. The lowest BCUT2D eigenvalue weighted by molar-refractivity contribution is -0.125. The number of carbonyl (C=O) groups excluding carboxylic acids is 1. The van der Waals surface area contributed by atoms with Crippen LogP contribution in [0.1, 0.15) is 26.2 Å². The lowest BCUT2D eigenvalue weighted by atomic mass is 9.97. The molecule has 130 valence electrons. The second-order valence-corrected chi connectivity index (χ2v) is 7.06. The van der Waals surface area contributed by atoms with Gasteiger partial charge in [0.2, 0.25) is 5.91 Å². The first-order valence-electron chi connectivity index (χ1n) is 8.71. The van der Waals surface area contributed by atoms with Gasteiger partial charge < -0.3 is 15.5 Å². The van der Waals surface area contributed by atoms with Gasteiger partial charge >= 0.3 is 0 Å². The summed E-state index contributed by atoms with van der Waals surface area (Å²) in [6.07, 6.45) is 4.70. The van der Waals surface area contributed by atoms with Crippen LogP contribution in [0.3, 0.4) is 0 Å². The van der Waals surface area contributed by atoms with Crippen molar-refractivity contribution in [1.82, 2.24) is 20.6 Å².